The molecule has 0 N–H and O–H groups in total. The van der Waals surface area contributed by atoms with Crippen molar-refractivity contribution in [2.45, 2.75) is 51.8 Å². The van der Waals surface area contributed by atoms with Gasteiger partial charge in [-0.15, -0.1) is 11.3 Å². The number of benzene rings is 1. The van der Waals surface area contributed by atoms with Crippen LogP contribution in [0.25, 0.3) is 0 Å². The van der Waals surface area contributed by atoms with E-state index in [2.05, 4.69) is 22.3 Å². The molecule has 2 aromatic heterocycles. The lowest BCUT2D eigenvalue weighted by Gasteiger charge is -2.43. The Balaban J connectivity index is 0.00000112. The van der Waals surface area contributed by atoms with Gasteiger partial charge < -0.3 is 4.74 Å². The molecule has 2 aliphatic rings. The third-order valence-electron chi connectivity index (χ3n) is 5.96. The molecule has 1 saturated heterocycles. The first-order chi connectivity index (χ1) is 15.1. The summed E-state index contributed by atoms with van der Waals surface area (Å²) in [5, 5.41) is 4.47. The monoisotopic (exact) mass is 461 g/mol. The van der Waals surface area contributed by atoms with E-state index in [0.717, 1.165) is 55.4 Å². The van der Waals surface area contributed by atoms with Crippen molar-refractivity contribution < 1.29 is 9.13 Å². The van der Waals surface area contributed by atoms with E-state index < -0.39 is 0 Å². The molecule has 0 atom stereocenters. The van der Waals surface area contributed by atoms with Crippen LogP contribution in [0, 0.1) is 5.82 Å². The highest BCUT2D eigenvalue weighted by Crippen LogP contribution is 2.46. The quantitative estimate of drug-likeness (QED) is 0.486. The van der Waals surface area contributed by atoms with Crippen LogP contribution >= 0.6 is 22.9 Å². The maximum Gasteiger partial charge on any atom is 0.123 e. The number of thiophene rings is 1. The van der Waals surface area contributed by atoms with E-state index in [-0.39, 0.29) is 11.4 Å². The lowest BCUT2D eigenvalue weighted by Crippen LogP contribution is -2.45. The molecule has 0 unspecified atom stereocenters. The minimum Gasteiger partial charge on any atom is -0.369 e. The van der Waals surface area contributed by atoms with Crippen LogP contribution in [0.3, 0.4) is 0 Å². The van der Waals surface area contributed by atoms with Gasteiger partial charge in [-0.05, 0) is 48.6 Å². The number of likely N-dealkylation sites (tertiary alicyclic amines) is 1. The molecule has 1 spiro atoms. The standard InChI is InChI=1S/C22H23ClFN3OS.C2H6/c23-20-11-18-5-10-28-22(21(18)29-20)6-8-26(9-7-22)13-17-12-25-27(15-17)14-16-1-3-19(24)4-2-16;1-2/h1-4,11-12,15H,5-10,13-14H2;1-2H3. The predicted octanol–water partition coefficient (Wildman–Crippen LogP) is 5.88. The first kappa shape index (κ1) is 22.5. The van der Waals surface area contributed by atoms with Crippen LogP contribution in [-0.2, 0) is 29.8 Å². The molecule has 0 radical (unpaired) electrons. The van der Waals surface area contributed by atoms with Crippen molar-refractivity contribution in [3.63, 3.8) is 0 Å². The molecule has 7 heteroatoms. The molecule has 0 bridgehead atoms. The third kappa shape index (κ3) is 5.03. The highest BCUT2D eigenvalue weighted by Gasteiger charge is 2.42. The fraction of sp³-hybridized carbons (Fsp3) is 0.458. The van der Waals surface area contributed by atoms with Gasteiger partial charge in [0.15, 0.2) is 0 Å². The molecular weight excluding hydrogens is 433 g/mol. The van der Waals surface area contributed by atoms with Crippen molar-refractivity contribution in [1.82, 2.24) is 14.7 Å². The molecule has 5 rings (SSSR count). The Bertz CT molecular complexity index is 993. The normalized spacial score (nSPS) is 17.8. The largest absolute Gasteiger partial charge is 0.369 e. The minimum atomic E-state index is -0.211. The number of rotatable bonds is 4. The molecule has 3 aromatic rings. The van der Waals surface area contributed by atoms with Gasteiger partial charge in [-0.2, -0.15) is 5.10 Å². The topological polar surface area (TPSA) is 30.3 Å². The summed E-state index contributed by atoms with van der Waals surface area (Å²) in [4.78, 5) is 3.82. The summed E-state index contributed by atoms with van der Waals surface area (Å²) in [5.41, 5.74) is 3.48. The number of hydrogen-bond donors (Lipinski definition) is 0. The smallest absolute Gasteiger partial charge is 0.123 e. The van der Waals surface area contributed by atoms with Crippen molar-refractivity contribution >= 4 is 22.9 Å². The Kier molecular flexibility index (Phi) is 7.12. The van der Waals surface area contributed by atoms with Gasteiger partial charge >= 0.3 is 0 Å². The zero-order chi connectivity index (χ0) is 21.8. The highest BCUT2D eigenvalue weighted by molar-refractivity contribution is 7.16. The zero-order valence-electron chi connectivity index (χ0n) is 18.1. The summed E-state index contributed by atoms with van der Waals surface area (Å²) in [5.74, 6) is -0.211. The van der Waals surface area contributed by atoms with Gasteiger partial charge in [0.25, 0.3) is 0 Å². The van der Waals surface area contributed by atoms with E-state index in [1.807, 2.05) is 24.7 Å². The van der Waals surface area contributed by atoms with Gasteiger partial charge in [0.1, 0.15) is 11.4 Å². The molecule has 4 heterocycles. The van der Waals surface area contributed by atoms with E-state index >= 15 is 0 Å². The second kappa shape index (κ2) is 9.82. The molecule has 2 aliphatic heterocycles. The van der Waals surface area contributed by atoms with Crippen LogP contribution in [0.5, 0.6) is 0 Å². The fourth-order valence-electron chi connectivity index (χ4n) is 4.44. The van der Waals surface area contributed by atoms with Crippen molar-refractivity contribution in [2.75, 3.05) is 19.7 Å². The van der Waals surface area contributed by atoms with Crippen LogP contribution < -0.4 is 0 Å². The first-order valence-corrected chi connectivity index (χ1v) is 12.2. The molecule has 31 heavy (non-hydrogen) atoms. The number of ether oxygens (including phenoxy) is 1. The van der Waals surface area contributed by atoms with Crippen LogP contribution in [0.2, 0.25) is 4.34 Å². The summed E-state index contributed by atoms with van der Waals surface area (Å²) in [6.45, 7) is 8.32. The van der Waals surface area contributed by atoms with E-state index in [1.54, 1.807) is 23.5 Å². The summed E-state index contributed by atoms with van der Waals surface area (Å²) >= 11 is 7.97. The number of piperidine rings is 1. The molecule has 1 aromatic carbocycles. The zero-order valence-corrected chi connectivity index (χ0v) is 19.7. The van der Waals surface area contributed by atoms with Crippen LogP contribution in [0.15, 0.2) is 42.7 Å². The molecule has 0 aliphatic carbocycles. The van der Waals surface area contributed by atoms with Gasteiger partial charge in [-0.25, -0.2) is 4.39 Å². The summed E-state index contributed by atoms with van der Waals surface area (Å²) < 4.78 is 22.2. The lowest BCUT2D eigenvalue weighted by atomic mass is 9.85. The van der Waals surface area contributed by atoms with Crippen LogP contribution in [0.4, 0.5) is 4.39 Å². The minimum absolute atomic E-state index is 0.144. The molecular formula is C24H29ClFN3OS. The molecule has 1 fully saturated rings. The number of hydrogen-bond acceptors (Lipinski definition) is 4. The maximum absolute atomic E-state index is 13.1. The van der Waals surface area contributed by atoms with Crippen molar-refractivity contribution in [3.8, 4) is 0 Å². The van der Waals surface area contributed by atoms with Crippen molar-refractivity contribution in [1.29, 1.82) is 0 Å². The highest BCUT2D eigenvalue weighted by atomic mass is 35.5. The summed E-state index contributed by atoms with van der Waals surface area (Å²) in [6.07, 6.45) is 6.99. The van der Waals surface area contributed by atoms with Gasteiger partial charge in [0.05, 0.1) is 23.7 Å². The predicted molar refractivity (Wildman–Crippen MR) is 124 cm³/mol. The Morgan fingerprint density at radius 3 is 2.61 bits per heavy atom. The fourth-order valence-corrected chi connectivity index (χ4v) is 5.94. The molecule has 4 nitrogen and oxygen atoms in total. The average Bonchev–Trinajstić information content (AvgIpc) is 3.39. The Morgan fingerprint density at radius 2 is 1.87 bits per heavy atom. The maximum atomic E-state index is 13.1. The van der Waals surface area contributed by atoms with Crippen molar-refractivity contribution in [3.05, 3.63) is 74.4 Å². The third-order valence-corrected chi connectivity index (χ3v) is 7.45. The molecule has 0 saturated carbocycles. The second-order valence-corrected chi connectivity index (χ2v) is 9.63. The average molecular weight is 462 g/mol. The second-order valence-electron chi connectivity index (χ2n) is 7.95. The number of fused-ring (bicyclic) bond motifs is 2. The number of aromatic nitrogens is 2. The van der Waals surface area contributed by atoms with Gasteiger partial charge in [-0.1, -0.05) is 37.6 Å². The summed E-state index contributed by atoms with van der Waals surface area (Å²) in [6, 6.07) is 8.70. The van der Waals surface area contributed by atoms with E-state index in [4.69, 9.17) is 16.3 Å². The summed E-state index contributed by atoms with van der Waals surface area (Å²) in [7, 11) is 0. The lowest BCUT2D eigenvalue weighted by molar-refractivity contribution is -0.0960. The van der Waals surface area contributed by atoms with Gasteiger partial charge in [-0.3, -0.25) is 9.58 Å². The van der Waals surface area contributed by atoms with Gasteiger partial charge in [0, 0.05) is 36.3 Å². The van der Waals surface area contributed by atoms with E-state index in [0.29, 0.717) is 6.54 Å². The molecule has 0 amide bonds. The van der Waals surface area contributed by atoms with E-state index in [9.17, 15) is 4.39 Å². The van der Waals surface area contributed by atoms with Crippen LogP contribution in [0.1, 0.15) is 48.3 Å². The number of nitrogens with zero attached hydrogens (tertiary/aromatic N) is 3. The number of halogens is 2. The Hall–Kier alpha value is -1.73. The Labute approximate surface area is 192 Å². The molecule has 166 valence electrons. The van der Waals surface area contributed by atoms with Crippen LogP contribution in [-0.4, -0.2) is 34.4 Å². The van der Waals surface area contributed by atoms with Crippen molar-refractivity contribution in [2.24, 2.45) is 0 Å². The van der Waals surface area contributed by atoms with E-state index in [1.165, 1.54) is 28.1 Å². The first-order valence-electron chi connectivity index (χ1n) is 11.0. The van der Waals surface area contributed by atoms with Gasteiger partial charge in [0.2, 0.25) is 0 Å². The SMILES string of the molecule is CC.Fc1ccc(Cn2cc(CN3CCC4(CC3)OCCc3cc(Cl)sc34)cn2)cc1. The Morgan fingerprint density at radius 1 is 1.13 bits per heavy atom.